The molecule has 3 aromatic rings. The zero-order chi connectivity index (χ0) is 20.5. The summed E-state index contributed by atoms with van der Waals surface area (Å²) >= 11 is 1.49. The smallest absolute Gasteiger partial charge is 0.441 e. The molecule has 148 valence electrons. The lowest BCUT2D eigenvalue weighted by Crippen LogP contribution is -2.86. The van der Waals surface area contributed by atoms with Crippen LogP contribution in [0.3, 0.4) is 0 Å². The van der Waals surface area contributed by atoms with Crippen LogP contribution in [-0.2, 0) is 11.4 Å². The van der Waals surface area contributed by atoms with Crippen molar-refractivity contribution in [1.82, 2.24) is 9.88 Å². The van der Waals surface area contributed by atoms with Gasteiger partial charge in [0.1, 0.15) is 5.78 Å². The second-order valence-electron chi connectivity index (χ2n) is 6.74. The van der Waals surface area contributed by atoms with E-state index in [9.17, 15) is 9.59 Å². The van der Waals surface area contributed by atoms with Gasteiger partial charge >= 0.3 is 6.03 Å². The molecule has 0 bridgehead atoms. The Bertz CT molecular complexity index is 1110. The van der Waals surface area contributed by atoms with E-state index in [4.69, 9.17) is 4.74 Å². The summed E-state index contributed by atoms with van der Waals surface area (Å²) < 4.78 is 6.78. The quantitative estimate of drug-likeness (QED) is 0.224. The second kappa shape index (κ2) is 7.57. The van der Waals surface area contributed by atoms with Gasteiger partial charge in [-0.05, 0) is 23.4 Å². The number of nitrogens with zero attached hydrogens (tertiary/aromatic N) is 3. The molecule has 8 heteroatoms. The number of Topliss-reactive ketones (excluding diaryl/α,β-unsaturated/α-hetero) is 1. The van der Waals surface area contributed by atoms with E-state index < -0.39 is 0 Å². The Labute approximate surface area is 172 Å². The predicted octanol–water partition coefficient (Wildman–Crippen LogP) is 0.494. The highest BCUT2D eigenvalue weighted by molar-refractivity contribution is 7.81. The molecule has 0 aliphatic carbocycles. The van der Waals surface area contributed by atoms with Gasteiger partial charge in [0, 0.05) is 6.20 Å². The van der Waals surface area contributed by atoms with E-state index in [1.54, 1.807) is 51.9 Å². The molecule has 0 unspecified atom stereocenters. The van der Waals surface area contributed by atoms with Gasteiger partial charge in [-0.3, -0.25) is 4.90 Å². The number of rotatable bonds is 4. The van der Waals surface area contributed by atoms with Crippen molar-refractivity contribution >= 4 is 39.4 Å². The number of nitrogens with two attached hydrogens (primary N) is 1. The van der Waals surface area contributed by atoms with Gasteiger partial charge in [0.05, 0.1) is 38.5 Å². The first-order chi connectivity index (χ1) is 14.0. The van der Waals surface area contributed by atoms with E-state index in [1.165, 1.54) is 20.8 Å². The van der Waals surface area contributed by atoms with Crippen molar-refractivity contribution in [2.75, 3.05) is 21.2 Å². The molecule has 1 aromatic carbocycles. The fourth-order valence-electron chi connectivity index (χ4n) is 3.16. The number of quaternary nitrogens is 1. The summed E-state index contributed by atoms with van der Waals surface area (Å²) in [5.74, 6) is 0.494. The molecular formula is C21H20N4O3S. The highest BCUT2D eigenvalue weighted by atomic mass is 32.1. The summed E-state index contributed by atoms with van der Waals surface area (Å²) in [4.78, 5) is 31.5. The van der Waals surface area contributed by atoms with Crippen LogP contribution in [0.25, 0.3) is 10.9 Å². The van der Waals surface area contributed by atoms with E-state index in [1.807, 2.05) is 28.9 Å². The van der Waals surface area contributed by atoms with Gasteiger partial charge in [0.15, 0.2) is 16.7 Å². The number of hydrogen-bond donors (Lipinski definition) is 1. The molecule has 1 amide bonds. The average molecular weight is 408 g/mol. The summed E-state index contributed by atoms with van der Waals surface area (Å²) in [5, 5.41) is 5.38. The first-order valence-electron chi connectivity index (χ1n) is 8.94. The second-order valence-corrected chi connectivity index (χ2v) is 7.65. The number of amides is 1. The zero-order valence-corrected chi connectivity index (χ0v) is 17.1. The zero-order valence-electron chi connectivity index (χ0n) is 16.2. The predicted molar refractivity (Wildman–Crippen MR) is 110 cm³/mol. The normalized spacial score (nSPS) is 13.2. The number of carbonyl (C=O) groups is 2. The lowest BCUT2D eigenvalue weighted by atomic mass is 10.0. The Hall–Kier alpha value is -3.36. The molecule has 0 saturated heterocycles. The van der Waals surface area contributed by atoms with E-state index in [2.05, 4.69) is 4.98 Å². The van der Waals surface area contributed by atoms with Crippen molar-refractivity contribution in [1.29, 1.82) is 0 Å². The molecular weight excluding hydrogens is 388 g/mol. The number of aromatic nitrogens is 2. The van der Waals surface area contributed by atoms with Gasteiger partial charge in [0.2, 0.25) is 0 Å². The van der Waals surface area contributed by atoms with Gasteiger partial charge in [0.25, 0.3) is 5.37 Å². The van der Waals surface area contributed by atoms with Crippen LogP contribution >= 0.6 is 0 Å². The summed E-state index contributed by atoms with van der Waals surface area (Å²) in [6.45, 7) is 0. The van der Waals surface area contributed by atoms with Crippen LogP contribution in [0.5, 0.6) is 5.75 Å². The molecule has 0 spiro atoms. The lowest BCUT2D eigenvalue weighted by molar-refractivity contribution is -0.580. The maximum atomic E-state index is 13.3. The fraction of sp³-hybridized carbons (Fsp3) is 0.143. The van der Waals surface area contributed by atoms with Gasteiger partial charge in [-0.25, -0.2) is 9.36 Å². The SMILES string of the molecule is COc1ccc2c(C(=O)[C-]3C=[S+][C-](c4cccnc4)[NH2+]3)c[n+](C(=O)N(C)C)[c-]2c1. The van der Waals surface area contributed by atoms with Gasteiger partial charge < -0.3 is 19.8 Å². The standard InChI is InChI=1S/C21H20N4O3S/c1-24(2)21(27)25-11-16(15-7-6-14(28-3)9-18(15)25)19(26)17-12-29-20(23-17)13-5-4-8-22-10-13/h4-12H,23H2,1-3H3. The van der Waals surface area contributed by atoms with Crippen molar-refractivity contribution in [3.63, 3.8) is 0 Å². The number of carbonyl (C=O) groups excluding carboxylic acids is 2. The number of benzene rings is 1. The molecule has 0 saturated carbocycles. The Morgan fingerprint density at radius 1 is 1.28 bits per heavy atom. The molecule has 0 atom stereocenters. The van der Waals surface area contributed by atoms with E-state index in [-0.39, 0.29) is 11.8 Å². The van der Waals surface area contributed by atoms with Crippen LogP contribution in [0.15, 0.2) is 48.9 Å². The Morgan fingerprint density at radius 2 is 2.10 bits per heavy atom. The average Bonchev–Trinajstić information content (AvgIpc) is 3.38. The molecule has 0 radical (unpaired) electrons. The van der Waals surface area contributed by atoms with Crippen LogP contribution in [0, 0.1) is 11.4 Å². The van der Waals surface area contributed by atoms with Gasteiger partial charge in [-0.2, -0.15) is 0 Å². The molecule has 4 rings (SSSR count). The summed E-state index contributed by atoms with van der Waals surface area (Å²) in [5.41, 5.74) is 2.08. The highest BCUT2D eigenvalue weighted by Gasteiger charge is 2.33. The van der Waals surface area contributed by atoms with Crippen molar-refractivity contribution in [3.8, 4) is 5.75 Å². The molecule has 2 N–H and O–H groups in total. The Kier molecular flexibility index (Phi) is 4.96. The topological polar surface area (TPSA) is 80.0 Å². The van der Waals surface area contributed by atoms with Crippen LogP contribution in [0.1, 0.15) is 15.9 Å². The van der Waals surface area contributed by atoms with Crippen molar-refractivity contribution in [2.24, 2.45) is 0 Å². The monoisotopic (exact) mass is 408 g/mol. The summed E-state index contributed by atoms with van der Waals surface area (Å²) in [7, 11) is 4.92. The number of fused-ring (bicyclic) bond motifs is 1. The maximum absolute atomic E-state index is 13.3. The minimum atomic E-state index is -0.233. The number of methoxy groups -OCH3 is 1. The number of ether oxygens (including phenoxy) is 1. The minimum Gasteiger partial charge on any atom is -0.525 e. The number of ketones is 1. The van der Waals surface area contributed by atoms with Crippen LogP contribution < -0.4 is 14.6 Å². The number of pyridine rings is 1. The molecule has 29 heavy (non-hydrogen) atoms. The Balaban J connectivity index is 1.70. The fourth-order valence-corrected chi connectivity index (χ4v) is 4.04. The molecule has 3 heterocycles. The van der Waals surface area contributed by atoms with Crippen molar-refractivity contribution < 1.29 is 24.2 Å². The molecule has 2 aromatic heterocycles. The minimum absolute atomic E-state index is 0.128. The Morgan fingerprint density at radius 3 is 2.79 bits per heavy atom. The van der Waals surface area contributed by atoms with Crippen LogP contribution in [-0.4, -0.2) is 48.3 Å². The van der Waals surface area contributed by atoms with E-state index in [0.29, 0.717) is 28.3 Å². The van der Waals surface area contributed by atoms with Gasteiger partial charge in [-0.15, -0.1) is 12.1 Å². The van der Waals surface area contributed by atoms with E-state index in [0.717, 1.165) is 10.9 Å². The number of hydrogen-bond acceptors (Lipinski definition) is 4. The summed E-state index contributed by atoms with van der Waals surface area (Å²) in [6.07, 6.45) is 5.10. The lowest BCUT2D eigenvalue weighted by Gasteiger charge is -2.12. The molecule has 1 aliphatic heterocycles. The largest absolute Gasteiger partial charge is 0.525 e. The van der Waals surface area contributed by atoms with E-state index >= 15 is 0 Å². The highest BCUT2D eigenvalue weighted by Crippen LogP contribution is 2.24. The van der Waals surface area contributed by atoms with Crippen LogP contribution in [0.2, 0.25) is 0 Å². The maximum Gasteiger partial charge on any atom is 0.441 e. The molecule has 7 nitrogen and oxygen atoms in total. The van der Waals surface area contributed by atoms with Crippen molar-refractivity contribution in [3.05, 3.63) is 71.5 Å². The first kappa shape index (κ1) is 19.0. The molecule has 1 aliphatic rings. The van der Waals surface area contributed by atoms with Gasteiger partial charge in [-0.1, -0.05) is 23.7 Å². The third-order valence-electron chi connectivity index (χ3n) is 4.65. The molecule has 0 fully saturated rings. The van der Waals surface area contributed by atoms with Crippen molar-refractivity contribution in [2.45, 2.75) is 0 Å². The third kappa shape index (κ3) is 3.43. The van der Waals surface area contributed by atoms with Crippen LogP contribution in [0.4, 0.5) is 4.79 Å². The summed E-state index contributed by atoms with van der Waals surface area (Å²) in [6, 6.07) is 9.55. The third-order valence-corrected chi connectivity index (χ3v) is 5.63. The first-order valence-corrected chi connectivity index (χ1v) is 9.82.